The molecule has 0 aliphatic carbocycles. The number of hydrogen-bond donors (Lipinski definition) is 1. The van der Waals surface area contributed by atoms with Crippen molar-refractivity contribution in [3.05, 3.63) is 57.6 Å². The number of nitrogens with one attached hydrogen (secondary N) is 1. The number of halogens is 5. The van der Waals surface area contributed by atoms with Crippen molar-refractivity contribution in [2.45, 2.75) is 19.1 Å². The Kier molecular flexibility index (Phi) is 5.11. The van der Waals surface area contributed by atoms with Gasteiger partial charge < -0.3 is 5.32 Å². The molecule has 0 saturated heterocycles. The molecule has 0 bridgehead atoms. The molecule has 4 nitrogen and oxygen atoms in total. The molecule has 1 aromatic carbocycles. The Labute approximate surface area is 139 Å². The second-order valence-electron chi connectivity index (χ2n) is 4.65. The van der Waals surface area contributed by atoms with Crippen molar-refractivity contribution in [3.8, 4) is 0 Å². The van der Waals surface area contributed by atoms with E-state index >= 15 is 0 Å². The van der Waals surface area contributed by atoms with E-state index < -0.39 is 34.7 Å². The molecular formula is C14H10Cl2F3N3O. The van der Waals surface area contributed by atoms with Gasteiger partial charge in [0, 0.05) is 11.2 Å². The van der Waals surface area contributed by atoms with Gasteiger partial charge in [-0.25, -0.2) is 9.97 Å². The summed E-state index contributed by atoms with van der Waals surface area (Å²) in [6.45, 7) is 1.63. The fourth-order valence-electron chi connectivity index (χ4n) is 1.85. The zero-order valence-corrected chi connectivity index (χ0v) is 13.2. The quantitative estimate of drug-likeness (QED) is 0.827. The summed E-state index contributed by atoms with van der Waals surface area (Å²) in [5.74, 6) is -0.948. The lowest BCUT2D eigenvalue weighted by molar-refractivity contribution is -0.141. The molecule has 0 aliphatic heterocycles. The molecule has 0 fully saturated rings. The molecule has 1 aromatic heterocycles. The van der Waals surface area contributed by atoms with Crippen molar-refractivity contribution >= 4 is 29.1 Å². The maximum atomic E-state index is 12.9. The molecule has 9 heteroatoms. The molecule has 0 aliphatic rings. The van der Waals surface area contributed by atoms with Crippen molar-refractivity contribution in [1.29, 1.82) is 0 Å². The van der Waals surface area contributed by atoms with E-state index in [1.54, 1.807) is 31.2 Å². The lowest BCUT2D eigenvalue weighted by atomic mass is 10.1. The van der Waals surface area contributed by atoms with Crippen LogP contribution in [-0.2, 0) is 6.18 Å². The van der Waals surface area contributed by atoms with Gasteiger partial charge in [-0.15, -0.1) is 0 Å². The molecule has 0 radical (unpaired) electrons. The van der Waals surface area contributed by atoms with E-state index in [1.165, 1.54) is 0 Å². The van der Waals surface area contributed by atoms with E-state index in [-0.39, 0.29) is 0 Å². The van der Waals surface area contributed by atoms with Gasteiger partial charge in [-0.1, -0.05) is 23.7 Å². The Hall–Kier alpha value is -1.86. The fourth-order valence-corrected chi connectivity index (χ4v) is 2.11. The summed E-state index contributed by atoms with van der Waals surface area (Å²) in [5.41, 5.74) is -1.38. The second kappa shape index (κ2) is 6.72. The van der Waals surface area contributed by atoms with Crippen LogP contribution in [0.5, 0.6) is 0 Å². The first-order chi connectivity index (χ1) is 10.7. The van der Waals surface area contributed by atoms with Gasteiger partial charge in [0.1, 0.15) is 0 Å². The number of rotatable bonds is 3. The number of alkyl halides is 3. The summed E-state index contributed by atoms with van der Waals surface area (Å²) < 4.78 is 38.8. The highest BCUT2D eigenvalue weighted by atomic mass is 35.5. The largest absolute Gasteiger partial charge is 0.434 e. The molecule has 2 rings (SSSR count). The Morgan fingerprint density at radius 1 is 1.22 bits per heavy atom. The summed E-state index contributed by atoms with van der Waals surface area (Å²) >= 11 is 11.1. The van der Waals surface area contributed by atoms with Crippen LogP contribution in [0.15, 0.2) is 30.5 Å². The highest BCUT2D eigenvalue weighted by Crippen LogP contribution is 2.31. The summed E-state index contributed by atoms with van der Waals surface area (Å²) in [6, 6.07) is 6.03. The number of carbonyl (C=O) groups is 1. The van der Waals surface area contributed by atoms with E-state index in [1.807, 2.05) is 0 Å². The van der Waals surface area contributed by atoms with Crippen molar-refractivity contribution in [2.24, 2.45) is 0 Å². The Morgan fingerprint density at radius 3 is 2.39 bits per heavy atom. The summed E-state index contributed by atoms with van der Waals surface area (Å²) in [6.07, 6.45) is -4.06. The lowest BCUT2D eigenvalue weighted by Gasteiger charge is -2.16. The average molecular weight is 364 g/mol. The third-order valence-electron chi connectivity index (χ3n) is 2.99. The molecule has 1 amide bonds. The Morgan fingerprint density at radius 2 is 1.83 bits per heavy atom. The molecule has 122 valence electrons. The maximum absolute atomic E-state index is 12.9. The van der Waals surface area contributed by atoms with Crippen LogP contribution in [-0.4, -0.2) is 15.9 Å². The summed E-state index contributed by atoms with van der Waals surface area (Å²) in [4.78, 5) is 18.7. The maximum Gasteiger partial charge on any atom is 0.434 e. The molecule has 0 spiro atoms. The van der Waals surface area contributed by atoms with Crippen LogP contribution in [0.25, 0.3) is 0 Å². The molecule has 1 atom stereocenters. The normalized spacial score (nSPS) is 12.8. The minimum Gasteiger partial charge on any atom is -0.345 e. The first kappa shape index (κ1) is 17.5. The van der Waals surface area contributed by atoms with Crippen molar-refractivity contribution in [2.75, 3.05) is 0 Å². The van der Waals surface area contributed by atoms with Crippen LogP contribution in [0.4, 0.5) is 13.2 Å². The van der Waals surface area contributed by atoms with Gasteiger partial charge in [-0.2, -0.15) is 13.2 Å². The van der Waals surface area contributed by atoms with Gasteiger partial charge in [0.15, 0.2) is 5.69 Å². The Bertz CT molecular complexity index is 720. The van der Waals surface area contributed by atoms with Crippen LogP contribution >= 0.6 is 23.2 Å². The van der Waals surface area contributed by atoms with E-state index in [9.17, 15) is 18.0 Å². The van der Waals surface area contributed by atoms with Crippen LogP contribution < -0.4 is 5.32 Å². The third-order valence-corrected chi connectivity index (χ3v) is 3.42. The molecular weight excluding hydrogens is 354 g/mol. The molecule has 23 heavy (non-hydrogen) atoms. The fraction of sp³-hybridized carbons (Fsp3) is 0.214. The highest BCUT2D eigenvalue weighted by molar-refractivity contribution is 6.30. The van der Waals surface area contributed by atoms with Gasteiger partial charge in [-0.3, -0.25) is 4.79 Å². The van der Waals surface area contributed by atoms with E-state index in [0.29, 0.717) is 10.6 Å². The van der Waals surface area contributed by atoms with E-state index in [2.05, 4.69) is 15.3 Å². The number of nitrogens with zero attached hydrogens (tertiary/aromatic N) is 2. The first-order valence-electron chi connectivity index (χ1n) is 6.34. The SMILES string of the molecule is CC(NC(=O)c1cnc(Cl)nc1C(F)(F)F)c1ccc(Cl)cc1. The first-order valence-corrected chi connectivity index (χ1v) is 7.10. The number of hydrogen-bond acceptors (Lipinski definition) is 3. The number of amides is 1. The molecule has 2 aromatic rings. The van der Waals surface area contributed by atoms with Gasteiger partial charge in [0.25, 0.3) is 5.91 Å². The number of aromatic nitrogens is 2. The van der Waals surface area contributed by atoms with Crippen LogP contribution in [0.1, 0.15) is 34.6 Å². The van der Waals surface area contributed by atoms with Gasteiger partial charge >= 0.3 is 6.18 Å². The van der Waals surface area contributed by atoms with Gasteiger partial charge in [0.05, 0.1) is 11.6 Å². The van der Waals surface area contributed by atoms with Crippen LogP contribution in [0.3, 0.4) is 0 Å². The van der Waals surface area contributed by atoms with Gasteiger partial charge in [0.2, 0.25) is 5.28 Å². The van der Waals surface area contributed by atoms with Crippen molar-refractivity contribution in [3.63, 3.8) is 0 Å². The minimum atomic E-state index is -4.82. The zero-order valence-electron chi connectivity index (χ0n) is 11.7. The summed E-state index contributed by atoms with van der Waals surface area (Å²) in [7, 11) is 0. The number of benzene rings is 1. The topological polar surface area (TPSA) is 54.9 Å². The minimum absolute atomic E-state index is 0.512. The standard InChI is InChI=1S/C14H10Cl2F3N3O/c1-7(8-2-4-9(15)5-3-8)21-12(23)10-6-20-13(16)22-11(10)14(17,18)19/h2-7H,1H3,(H,21,23). The zero-order chi connectivity index (χ0) is 17.2. The second-order valence-corrected chi connectivity index (χ2v) is 5.42. The van der Waals surface area contributed by atoms with E-state index in [4.69, 9.17) is 23.2 Å². The van der Waals surface area contributed by atoms with Crippen LogP contribution in [0.2, 0.25) is 10.3 Å². The van der Waals surface area contributed by atoms with Gasteiger partial charge in [-0.05, 0) is 36.2 Å². The number of carbonyl (C=O) groups excluding carboxylic acids is 1. The van der Waals surface area contributed by atoms with Crippen molar-refractivity contribution < 1.29 is 18.0 Å². The van der Waals surface area contributed by atoms with Crippen molar-refractivity contribution in [1.82, 2.24) is 15.3 Å². The predicted octanol–water partition coefficient (Wildman–Crippen LogP) is 4.29. The third kappa shape index (κ3) is 4.33. The Balaban J connectivity index is 2.26. The summed E-state index contributed by atoms with van der Waals surface area (Å²) in [5, 5.41) is 2.39. The van der Waals surface area contributed by atoms with E-state index in [0.717, 1.165) is 6.20 Å². The highest BCUT2D eigenvalue weighted by Gasteiger charge is 2.38. The molecule has 1 N–H and O–H groups in total. The predicted molar refractivity (Wildman–Crippen MR) is 79.4 cm³/mol. The molecule has 1 unspecified atom stereocenters. The smallest absolute Gasteiger partial charge is 0.345 e. The molecule has 1 heterocycles. The lowest BCUT2D eigenvalue weighted by Crippen LogP contribution is -2.29. The molecule has 0 saturated carbocycles. The van der Waals surface area contributed by atoms with Crippen LogP contribution in [0, 0.1) is 0 Å². The average Bonchev–Trinajstić information content (AvgIpc) is 2.46. The monoisotopic (exact) mass is 363 g/mol.